The Morgan fingerprint density at radius 2 is 1.95 bits per heavy atom. The number of carbonyl (C=O) groups is 1. The first kappa shape index (κ1) is 24.5. The molecule has 0 bridgehead atoms. The summed E-state index contributed by atoms with van der Waals surface area (Å²) in [5, 5.41) is 24.8. The van der Waals surface area contributed by atoms with Gasteiger partial charge in [-0.1, -0.05) is 37.1 Å². The van der Waals surface area contributed by atoms with E-state index in [0.717, 1.165) is 47.6 Å². The molecule has 2 aromatic carbocycles. The van der Waals surface area contributed by atoms with Crippen molar-refractivity contribution in [2.45, 2.75) is 50.4 Å². The zero-order valence-corrected chi connectivity index (χ0v) is 19.7. The molecule has 4 aromatic rings. The number of aromatic nitrogens is 4. The van der Waals surface area contributed by atoms with Crippen molar-refractivity contribution in [3.05, 3.63) is 87.5 Å². The predicted octanol–water partition coefficient (Wildman–Crippen LogP) is 4.29. The third-order valence-electron chi connectivity index (χ3n) is 6.95. The van der Waals surface area contributed by atoms with Gasteiger partial charge in [0.2, 0.25) is 0 Å². The van der Waals surface area contributed by atoms with Gasteiger partial charge in [-0.3, -0.25) is 19.4 Å². The van der Waals surface area contributed by atoms with Crippen LogP contribution in [0.25, 0.3) is 10.9 Å². The van der Waals surface area contributed by atoms with Gasteiger partial charge in [0.15, 0.2) is 11.4 Å². The number of H-pyrrole nitrogens is 1. The fourth-order valence-electron chi connectivity index (χ4n) is 5.05. The summed E-state index contributed by atoms with van der Waals surface area (Å²) in [7, 11) is 0. The molecule has 0 atom stereocenters. The molecule has 0 spiro atoms. The summed E-state index contributed by atoms with van der Waals surface area (Å²) in [4.78, 5) is 25.4. The van der Waals surface area contributed by atoms with Crippen LogP contribution in [-0.4, -0.2) is 31.0 Å². The average molecular weight is 512 g/mol. The quantitative estimate of drug-likeness (QED) is 0.358. The normalized spacial score (nSPS) is 15.2. The lowest BCUT2D eigenvalue weighted by Crippen LogP contribution is -2.34. The molecule has 5 rings (SSSR count). The van der Waals surface area contributed by atoms with E-state index in [1.807, 2.05) is 12.1 Å². The van der Waals surface area contributed by atoms with Crippen LogP contribution >= 0.6 is 0 Å². The molecule has 2 heterocycles. The van der Waals surface area contributed by atoms with Crippen LogP contribution in [0.4, 0.5) is 13.2 Å². The first-order chi connectivity index (χ1) is 17.6. The van der Waals surface area contributed by atoms with Crippen molar-refractivity contribution in [1.82, 2.24) is 25.3 Å². The Balaban J connectivity index is 1.40. The third kappa shape index (κ3) is 4.93. The number of carbonyl (C=O) groups excluding carboxylic acids is 1. The molecule has 0 aliphatic heterocycles. The molecule has 11 heteroatoms. The fraction of sp³-hybridized carbons (Fsp3) is 0.308. The number of hydrogen-bond acceptors (Lipinski definition) is 5. The van der Waals surface area contributed by atoms with E-state index in [4.69, 9.17) is 0 Å². The van der Waals surface area contributed by atoms with Crippen molar-refractivity contribution < 1.29 is 23.1 Å². The second-order valence-electron chi connectivity index (χ2n) is 9.43. The van der Waals surface area contributed by atoms with Gasteiger partial charge in [0.1, 0.15) is 0 Å². The third-order valence-corrected chi connectivity index (χ3v) is 6.95. The van der Waals surface area contributed by atoms with Crippen molar-refractivity contribution in [3.63, 3.8) is 0 Å². The van der Waals surface area contributed by atoms with E-state index in [1.54, 1.807) is 18.3 Å². The second kappa shape index (κ2) is 9.38. The van der Waals surface area contributed by atoms with Crippen LogP contribution in [0.15, 0.2) is 59.7 Å². The maximum Gasteiger partial charge on any atom is 0.416 e. The molecule has 37 heavy (non-hydrogen) atoms. The summed E-state index contributed by atoms with van der Waals surface area (Å²) in [6.45, 7) is 0.227. The number of aromatic amines is 1. The van der Waals surface area contributed by atoms with E-state index in [-0.39, 0.29) is 13.1 Å². The van der Waals surface area contributed by atoms with Gasteiger partial charge in [0, 0.05) is 17.3 Å². The largest absolute Gasteiger partial charge is 0.503 e. The summed E-state index contributed by atoms with van der Waals surface area (Å²) < 4.78 is 41.4. The van der Waals surface area contributed by atoms with Crippen molar-refractivity contribution >= 4 is 16.8 Å². The lowest BCUT2D eigenvalue weighted by Gasteiger charge is -2.31. The van der Waals surface area contributed by atoms with Crippen molar-refractivity contribution in [2.75, 3.05) is 0 Å². The Kier molecular flexibility index (Phi) is 6.22. The molecule has 0 radical (unpaired) electrons. The number of nitrogens with zero attached hydrogens (tertiary/aromatic N) is 3. The molecular weight excluding hydrogens is 487 g/mol. The fourth-order valence-corrected chi connectivity index (χ4v) is 5.05. The van der Waals surface area contributed by atoms with Crippen LogP contribution in [0.5, 0.6) is 5.75 Å². The van der Waals surface area contributed by atoms with E-state index in [9.17, 15) is 27.9 Å². The molecule has 8 nitrogen and oxygen atoms in total. The lowest BCUT2D eigenvalue weighted by atomic mass is 9.78. The van der Waals surface area contributed by atoms with Crippen molar-refractivity contribution in [3.8, 4) is 5.75 Å². The van der Waals surface area contributed by atoms with Gasteiger partial charge in [-0.05, 0) is 42.2 Å². The van der Waals surface area contributed by atoms with E-state index in [0.29, 0.717) is 18.4 Å². The summed E-state index contributed by atoms with van der Waals surface area (Å²) >= 11 is 0. The zero-order chi connectivity index (χ0) is 26.2. The van der Waals surface area contributed by atoms with Gasteiger partial charge in [0.25, 0.3) is 11.3 Å². The number of hydrogen-bond donors (Lipinski definition) is 3. The van der Waals surface area contributed by atoms with Crippen molar-refractivity contribution in [2.24, 2.45) is 0 Å². The molecule has 0 saturated heterocycles. The number of aromatic hydroxyl groups is 1. The van der Waals surface area contributed by atoms with E-state index < -0.39 is 39.9 Å². The summed E-state index contributed by atoms with van der Waals surface area (Å²) in [6, 6.07) is 10.7. The van der Waals surface area contributed by atoms with Gasteiger partial charge in [-0.2, -0.15) is 23.4 Å². The predicted molar refractivity (Wildman–Crippen MR) is 129 cm³/mol. The molecule has 1 saturated carbocycles. The molecule has 1 amide bonds. The number of nitrogens with one attached hydrogen (secondary N) is 2. The van der Waals surface area contributed by atoms with Crippen LogP contribution < -0.4 is 10.7 Å². The first-order valence-corrected chi connectivity index (χ1v) is 11.8. The van der Waals surface area contributed by atoms with Gasteiger partial charge in [-0.15, -0.1) is 0 Å². The number of rotatable bonds is 6. The van der Waals surface area contributed by atoms with Crippen LogP contribution in [0.2, 0.25) is 0 Å². The second-order valence-corrected chi connectivity index (χ2v) is 9.43. The molecular formula is C26H24F3N5O3. The smallest absolute Gasteiger partial charge is 0.416 e. The minimum Gasteiger partial charge on any atom is -0.503 e. The van der Waals surface area contributed by atoms with E-state index >= 15 is 0 Å². The topological polar surface area (TPSA) is 113 Å². The highest BCUT2D eigenvalue weighted by Crippen LogP contribution is 2.44. The minimum absolute atomic E-state index is 0.111. The molecule has 1 fully saturated rings. The maximum atomic E-state index is 13.4. The van der Waals surface area contributed by atoms with Crippen LogP contribution in [-0.2, 0) is 24.7 Å². The molecule has 3 N–H and O–H groups in total. The monoisotopic (exact) mass is 511 g/mol. The maximum absolute atomic E-state index is 13.4. The van der Waals surface area contributed by atoms with Gasteiger partial charge < -0.3 is 10.4 Å². The molecule has 1 aliphatic rings. The Hall–Kier alpha value is -4.15. The number of fused-ring (bicyclic) bond motifs is 1. The number of alkyl halides is 3. The van der Waals surface area contributed by atoms with Crippen LogP contribution in [0.3, 0.4) is 0 Å². The number of benzene rings is 2. The van der Waals surface area contributed by atoms with Gasteiger partial charge in [-0.25, -0.2) is 0 Å². The SMILES string of the molecule is O=C(NCc1ccc2[nH]ncc2c1)c1nn(CC2(c3cccc(C(F)(F)F)c3)CCCC2)cc(O)c1=O. The highest BCUT2D eigenvalue weighted by atomic mass is 19.4. The van der Waals surface area contributed by atoms with Crippen LogP contribution in [0, 0.1) is 0 Å². The number of halogens is 3. The first-order valence-electron chi connectivity index (χ1n) is 11.8. The molecule has 192 valence electrons. The van der Waals surface area contributed by atoms with Crippen LogP contribution in [0.1, 0.15) is 52.9 Å². The standard InChI is InChI=1S/C26H24F3N5O3/c27-26(28,29)19-5-3-4-18(11-19)25(8-1-2-9-25)15-34-14-21(35)23(36)22(33-34)24(37)30-12-16-6-7-20-17(10-16)13-31-32-20/h3-7,10-11,13-14,35H,1-2,8-9,12,15H2,(H,30,37)(H,31,32). The summed E-state index contributed by atoms with van der Waals surface area (Å²) in [5.74, 6) is -1.42. The summed E-state index contributed by atoms with van der Waals surface area (Å²) in [5.41, 5.74) is -0.684. The van der Waals surface area contributed by atoms with Gasteiger partial charge in [0.05, 0.1) is 30.0 Å². The molecule has 2 aromatic heterocycles. The number of amides is 1. The lowest BCUT2D eigenvalue weighted by molar-refractivity contribution is -0.137. The minimum atomic E-state index is -4.48. The average Bonchev–Trinajstić information content (AvgIpc) is 3.54. The molecule has 0 unspecified atom stereocenters. The Morgan fingerprint density at radius 3 is 2.70 bits per heavy atom. The van der Waals surface area contributed by atoms with Gasteiger partial charge >= 0.3 is 6.18 Å². The summed E-state index contributed by atoms with van der Waals surface area (Å²) in [6.07, 6.45) is 1.16. The highest BCUT2D eigenvalue weighted by molar-refractivity contribution is 5.92. The Labute approximate surface area is 209 Å². The Morgan fingerprint density at radius 1 is 1.16 bits per heavy atom. The van der Waals surface area contributed by atoms with E-state index in [1.165, 1.54) is 10.7 Å². The highest BCUT2D eigenvalue weighted by Gasteiger charge is 2.39. The zero-order valence-electron chi connectivity index (χ0n) is 19.7. The van der Waals surface area contributed by atoms with E-state index in [2.05, 4.69) is 20.6 Å². The van der Waals surface area contributed by atoms with Crippen molar-refractivity contribution in [1.29, 1.82) is 0 Å². The Bertz CT molecular complexity index is 1520. The molecule has 1 aliphatic carbocycles.